The summed E-state index contributed by atoms with van der Waals surface area (Å²) >= 11 is 0. The predicted octanol–water partition coefficient (Wildman–Crippen LogP) is 3.48. The van der Waals surface area contributed by atoms with Crippen molar-refractivity contribution in [3.63, 3.8) is 0 Å². The Balaban J connectivity index is 2.50. The molecule has 1 aromatic heterocycles. The van der Waals surface area contributed by atoms with Crippen LogP contribution in [0, 0.1) is 0 Å². The normalized spacial score (nSPS) is 12.7. The molecule has 1 aromatic carbocycles. The number of hydrogen-bond donors (Lipinski definition) is 1. The minimum atomic E-state index is -4.58. The topological polar surface area (TPSA) is 37.8 Å². The summed E-state index contributed by atoms with van der Waals surface area (Å²) in [6.07, 6.45) is -4.58. The minimum absolute atomic E-state index is 0.0878. The molecule has 0 amide bonds. The molecule has 108 valence electrons. The molecule has 1 N–H and O–H groups in total. The van der Waals surface area contributed by atoms with Crippen molar-refractivity contribution in [3.05, 3.63) is 51.9 Å². The summed E-state index contributed by atoms with van der Waals surface area (Å²) in [5.74, 6) is 0. The SMILES string of the molecule is CC(C)(C)c1ccc(-n2[nH]c(=O)cc2C(F)(F)F)cc1. The lowest BCUT2D eigenvalue weighted by atomic mass is 9.87. The van der Waals surface area contributed by atoms with E-state index in [0.29, 0.717) is 6.07 Å². The Labute approximate surface area is 114 Å². The molecule has 6 heteroatoms. The van der Waals surface area contributed by atoms with Crippen molar-refractivity contribution in [2.24, 2.45) is 0 Å². The van der Waals surface area contributed by atoms with E-state index in [1.54, 1.807) is 24.3 Å². The molecular weight excluding hydrogens is 269 g/mol. The van der Waals surface area contributed by atoms with Gasteiger partial charge in [-0.05, 0) is 23.1 Å². The van der Waals surface area contributed by atoms with Gasteiger partial charge in [-0.3, -0.25) is 9.89 Å². The Morgan fingerprint density at radius 3 is 2.05 bits per heavy atom. The molecule has 0 aliphatic rings. The molecule has 0 spiro atoms. The summed E-state index contributed by atoms with van der Waals surface area (Å²) in [6.45, 7) is 6.04. The van der Waals surface area contributed by atoms with E-state index in [0.717, 1.165) is 10.2 Å². The molecule has 0 fully saturated rings. The second-order valence-corrected chi connectivity index (χ2v) is 5.64. The first-order valence-corrected chi connectivity index (χ1v) is 6.09. The van der Waals surface area contributed by atoms with Crippen LogP contribution in [0.15, 0.2) is 35.1 Å². The number of benzene rings is 1. The lowest BCUT2D eigenvalue weighted by Crippen LogP contribution is -2.14. The number of halogens is 3. The lowest BCUT2D eigenvalue weighted by molar-refractivity contribution is -0.142. The van der Waals surface area contributed by atoms with E-state index in [4.69, 9.17) is 0 Å². The third-order valence-electron chi connectivity index (χ3n) is 3.01. The van der Waals surface area contributed by atoms with E-state index in [9.17, 15) is 18.0 Å². The number of aromatic amines is 1. The first-order chi connectivity index (χ1) is 9.09. The predicted molar refractivity (Wildman–Crippen MR) is 70.1 cm³/mol. The smallest absolute Gasteiger partial charge is 0.268 e. The van der Waals surface area contributed by atoms with Crippen molar-refractivity contribution in [3.8, 4) is 5.69 Å². The number of nitrogens with zero attached hydrogens (tertiary/aromatic N) is 1. The van der Waals surface area contributed by atoms with Crippen molar-refractivity contribution in [1.29, 1.82) is 0 Å². The molecule has 0 unspecified atom stereocenters. The standard InChI is InChI=1S/C14H15F3N2O/c1-13(2,3)9-4-6-10(7-5-9)19-11(14(15,16)17)8-12(20)18-19/h4-8H,1-3H3,(H,18,20). The van der Waals surface area contributed by atoms with Gasteiger partial charge in [-0.25, -0.2) is 4.68 Å². The van der Waals surface area contributed by atoms with E-state index in [1.165, 1.54) is 0 Å². The van der Waals surface area contributed by atoms with Gasteiger partial charge in [-0.2, -0.15) is 13.2 Å². The van der Waals surface area contributed by atoms with Gasteiger partial charge < -0.3 is 0 Å². The Morgan fingerprint density at radius 2 is 1.60 bits per heavy atom. The van der Waals surface area contributed by atoms with Gasteiger partial charge in [0, 0.05) is 6.07 Å². The molecule has 20 heavy (non-hydrogen) atoms. The third kappa shape index (κ3) is 2.79. The van der Waals surface area contributed by atoms with Gasteiger partial charge in [0.2, 0.25) is 0 Å². The molecule has 0 saturated heterocycles. The van der Waals surface area contributed by atoms with Gasteiger partial charge in [0.1, 0.15) is 5.69 Å². The summed E-state index contributed by atoms with van der Waals surface area (Å²) in [6, 6.07) is 7.19. The summed E-state index contributed by atoms with van der Waals surface area (Å²) in [5.41, 5.74) is -0.602. The maximum absolute atomic E-state index is 12.8. The highest BCUT2D eigenvalue weighted by Crippen LogP contribution is 2.30. The molecule has 2 aromatic rings. The zero-order chi connectivity index (χ0) is 15.1. The van der Waals surface area contributed by atoms with E-state index in [-0.39, 0.29) is 11.1 Å². The second kappa shape index (κ2) is 4.54. The molecular formula is C14H15F3N2O. The Hall–Kier alpha value is -1.98. The fourth-order valence-electron chi connectivity index (χ4n) is 1.91. The Morgan fingerprint density at radius 1 is 1.05 bits per heavy atom. The van der Waals surface area contributed by atoms with Crippen LogP contribution < -0.4 is 5.56 Å². The summed E-state index contributed by atoms with van der Waals surface area (Å²) in [7, 11) is 0. The number of aromatic nitrogens is 2. The first kappa shape index (κ1) is 14.4. The molecule has 0 bridgehead atoms. The average Bonchev–Trinajstić information content (AvgIpc) is 2.70. The molecule has 0 aliphatic heterocycles. The number of nitrogens with one attached hydrogen (secondary N) is 1. The molecule has 3 nitrogen and oxygen atoms in total. The first-order valence-electron chi connectivity index (χ1n) is 6.09. The minimum Gasteiger partial charge on any atom is -0.268 e. The van der Waals surface area contributed by atoms with Gasteiger partial charge >= 0.3 is 6.18 Å². The highest BCUT2D eigenvalue weighted by Gasteiger charge is 2.35. The monoisotopic (exact) mass is 284 g/mol. The Kier molecular flexibility index (Phi) is 3.28. The molecule has 1 heterocycles. The quantitative estimate of drug-likeness (QED) is 0.855. The van der Waals surface area contributed by atoms with Gasteiger partial charge in [0.25, 0.3) is 5.56 Å². The van der Waals surface area contributed by atoms with Crippen LogP contribution in [0.25, 0.3) is 5.69 Å². The van der Waals surface area contributed by atoms with Crippen LogP contribution in [0.3, 0.4) is 0 Å². The summed E-state index contributed by atoms with van der Waals surface area (Å²) < 4.78 is 39.3. The van der Waals surface area contributed by atoms with Crippen molar-refractivity contribution in [1.82, 2.24) is 9.78 Å². The van der Waals surface area contributed by atoms with Gasteiger partial charge in [0.15, 0.2) is 0 Å². The second-order valence-electron chi connectivity index (χ2n) is 5.64. The zero-order valence-corrected chi connectivity index (χ0v) is 11.4. The zero-order valence-electron chi connectivity index (χ0n) is 11.4. The van der Waals surface area contributed by atoms with Crippen molar-refractivity contribution < 1.29 is 13.2 Å². The highest BCUT2D eigenvalue weighted by atomic mass is 19.4. The molecule has 0 aliphatic carbocycles. The Bertz CT molecular complexity index is 657. The van der Waals surface area contributed by atoms with Gasteiger partial charge in [-0.1, -0.05) is 32.9 Å². The van der Waals surface area contributed by atoms with E-state index in [1.807, 2.05) is 20.8 Å². The van der Waals surface area contributed by atoms with Crippen LogP contribution in [0.4, 0.5) is 13.2 Å². The molecule has 0 atom stereocenters. The van der Waals surface area contributed by atoms with E-state index < -0.39 is 17.4 Å². The van der Waals surface area contributed by atoms with Crippen LogP contribution in [0.1, 0.15) is 32.0 Å². The average molecular weight is 284 g/mol. The van der Waals surface area contributed by atoms with Crippen molar-refractivity contribution >= 4 is 0 Å². The van der Waals surface area contributed by atoms with Crippen LogP contribution in [0.2, 0.25) is 0 Å². The lowest BCUT2D eigenvalue weighted by Gasteiger charge is -2.19. The molecule has 2 rings (SSSR count). The molecule has 0 saturated carbocycles. The molecule has 0 radical (unpaired) electrons. The van der Waals surface area contributed by atoms with E-state index in [2.05, 4.69) is 5.10 Å². The van der Waals surface area contributed by atoms with Gasteiger partial charge in [0.05, 0.1) is 5.69 Å². The highest BCUT2D eigenvalue weighted by molar-refractivity contribution is 5.38. The van der Waals surface area contributed by atoms with Crippen molar-refractivity contribution in [2.75, 3.05) is 0 Å². The maximum atomic E-state index is 12.8. The largest absolute Gasteiger partial charge is 0.433 e. The fraction of sp³-hybridized carbons (Fsp3) is 0.357. The van der Waals surface area contributed by atoms with Crippen LogP contribution in [-0.4, -0.2) is 9.78 Å². The summed E-state index contributed by atoms with van der Waals surface area (Å²) in [5, 5.41) is 2.17. The fourth-order valence-corrected chi connectivity index (χ4v) is 1.91. The number of rotatable bonds is 1. The van der Waals surface area contributed by atoms with Crippen LogP contribution >= 0.6 is 0 Å². The van der Waals surface area contributed by atoms with Gasteiger partial charge in [-0.15, -0.1) is 0 Å². The summed E-state index contributed by atoms with van der Waals surface area (Å²) in [4.78, 5) is 11.2. The third-order valence-corrected chi connectivity index (χ3v) is 3.01. The van der Waals surface area contributed by atoms with Crippen molar-refractivity contribution in [2.45, 2.75) is 32.4 Å². The van der Waals surface area contributed by atoms with Crippen LogP contribution in [0.5, 0.6) is 0 Å². The number of H-pyrrole nitrogens is 1. The van der Waals surface area contributed by atoms with Crippen LogP contribution in [-0.2, 0) is 11.6 Å². The number of hydrogen-bond acceptors (Lipinski definition) is 1. The number of alkyl halides is 3. The van der Waals surface area contributed by atoms with E-state index >= 15 is 0 Å². The maximum Gasteiger partial charge on any atom is 0.433 e.